The molecule has 0 radical (unpaired) electrons. The lowest BCUT2D eigenvalue weighted by atomic mass is 10.1. The molecule has 0 N–H and O–H groups in total. The summed E-state index contributed by atoms with van der Waals surface area (Å²) in [5.74, 6) is 0.248. The highest BCUT2D eigenvalue weighted by atomic mass is 32.1. The SMILES string of the molecule is CC(=O)Oc1ccc(CCN=C=S)cc1. The second-order valence-corrected chi connectivity index (χ2v) is 3.14. The van der Waals surface area contributed by atoms with Crippen LogP contribution in [0.2, 0.25) is 0 Å². The Kier molecular flexibility index (Phi) is 4.68. The van der Waals surface area contributed by atoms with E-state index in [1.807, 2.05) is 12.1 Å². The summed E-state index contributed by atoms with van der Waals surface area (Å²) in [4.78, 5) is 14.5. The van der Waals surface area contributed by atoms with Crippen molar-refractivity contribution in [2.75, 3.05) is 6.54 Å². The van der Waals surface area contributed by atoms with E-state index < -0.39 is 0 Å². The molecular formula is C11H11NO2S. The molecule has 0 unspecified atom stereocenters. The zero-order valence-electron chi connectivity index (χ0n) is 8.40. The van der Waals surface area contributed by atoms with Gasteiger partial charge in [-0.25, -0.2) is 4.99 Å². The minimum absolute atomic E-state index is 0.312. The molecule has 1 aromatic rings. The molecule has 0 aliphatic rings. The van der Waals surface area contributed by atoms with Gasteiger partial charge in [-0.1, -0.05) is 12.1 Å². The van der Waals surface area contributed by atoms with Gasteiger partial charge < -0.3 is 4.74 Å². The van der Waals surface area contributed by atoms with Crippen molar-refractivity contribution in [3.05, 3.63) is 29.8 Å². The summed E-state index contributed by atoms with van der Waals surface area (Å²) >= 11 is 4.46. The van der Waals surface area contributed by atoms with Gasteiger partial charge in [0.15, 0.2) is 0 Å². The molecule has 0 amide bonds. The minimum atomic E-state index is -0.312. The van der Waals surface area contributed by atoms with Gasteiger partial charge in [-0.15, -0.1) is 0 Å². The number of thiocarbonyl (C=S) groups is 1. The fraction of sp³-hybridized carbons (Fsp3) is 0.273. The van der Waals surface area contributed by atoms with E-state index in [0.717, 1.165) is 12.0 Å². The van der Waals surface area contributed by atoms with E-state index >= 15 is 0 Å². The van der Waals surface area contributed by atoms with Gasteiger partial charge >= 0.3 is 5.97 Å². The molecular weight excluding hydrogens is 210 g/mol. The number of carbonyl (C=O) groups excluding carboxylic acids is 1. The summed E-state index contributed by atoms with van der Waals surface area (Å²) in [6, 6.07) is 7.32. The van der Waals surface area contributed by atoms with Crippen molar-refractivity contribution in [1.29, 1.82) is 0 Å². The van der Waals surface area contributed by atoms with E-state index in [4.69, 9.17) is 4.74 Å². The Morgan fingerprint density at radius 3 is 2.67 bits per heavy atom. The molecule has 3 nitrogen and oxygen atoms in total. The largest absolute Gasteiger partial charge is 0.427 e. The van der Waals surface area contributed by atoms with E-state index in [0.29, 0.717) is 12.3 Å². The summed E-state index contributed by atoms with van der Waals surface area (Å²) in [6.07, 6.45) is 0.810. The van der Waals surface area contributed by atoms with Gasteiger partial charge in [-0.05, 0) is 36.3 Å². The van der Waals surface area contributed by atoms with Crippen LogP contribution < -0.4 is 4.74 Å². The van der Waals surface area contributed by atoms with Crippen LogP contribution in [0.25, 0.3) is 0 Å². The number of benzene rings is 1. The van der Waals surface area contributed by atoms with Crippen molar-refractivity contribution in [2.24, 2.45) is 4.99 Å². The average Bonchev–Trinajstić information content (AvgIpc) is 2.20. The quantitative estimate of drug-likeness (QED) is 0.339. The van der Waals surface area contributed by atoms with Crippen LogP contribution in [0.15, 0.2) is 29.3 Å². The van der Waals surface area contributed by atoms with E-state index in [2.05, 4.69) is 22.4 Å². The van der Waals surface area contributed by atoms with Crippen molar-refractivity contribution < 1.29 is 9.53 Å². The molecule has 0 saturated carbocycles. The molecule has 0 aromatic heterocycles. The maximum atomic E-state index is 10.7. The molecule has 4 heteroatoms. The first-order chi connectivity index (χ1) is 7.22. The lowest BCUT2D eigenvalue weighted by molar-refractivity contribution is -0.131. The van der Waals surface area contributed by atoms with Gasteiger partial charge in [0, 0.05) is 6.92 Å². The number of isothiocyanates is 1. The molecule has 0 heterocycles. The van der Waals surface area contributed by atoms with E-state index in [-0.39, 0.29) is 5.97 Å². The monoisotopic (exact) mass is 221 g/mol. The van der Waals surface area contributed by atoms with Crippen molar-refractivity contribution in [3.63, 3.8) is 0 Å². The van der Waals surface area contributed by atoms with Gasteiger partial charge in [-0.2, -0.15) is 0 Å². The Bertz CT molecular complexity index is 380. The molecule has 15 heavy (non-hydrogen) atoms. The van der Waals surface area contributed by atoms with Gasteiger partial charge in [0.25, 0.3) is 0 Å². The van der Waals surface area contributed by atoms with Gasteiger partial charge in [0.2, 0.25) is 0 Å². The van der Waals surface area contributed by atoms with Gasteiger partial charge in [0.1, 0.15) is 5.75 Å². The lowest BCUT2D eigenvalue weighted by Gasteiger charge is -2.02. The standard InChI is InChI=1S/C11H11NO2S/c1-9(13)14-11-4-2-10(3-5-11)6-7-12-8-15/h2-5H,6-7H2,1H3. The topological polar surface area (TPSA) is 38.7 Å². The third-order valence-electron chi connectivity index (χ3n) is 1.76. The summed E-state index contributed by atoms with van der Waals surface area (Å²) < 4.78 is 4.90. The third-order valence-corrected chi connectivity index (χ3v) is 1.89. The molecule has 0 atom stereocenters. The highest BCUT2D eigenvalue weighted by Gasteiger charge is 1.97. The lowest BCUT2D eigenvalue weighted by Crippen LogP contribution is -2.01. The first-order valence-corrected chi connectivity index (χ1v) is 4.94. The zero-order valence-corrected chi connectivity index (χ0v) is 9.21. The number of hydrogen-bond donors (Lipinski definition) is 0. The second kappa shape index (κ2) is 6.06. The zero-order chi connectivity index (χ0) is 11.1. The molecule has 0 fully saturated rings. The van der Waals surface area contributed by atoms with Crippen molar-refractivity contribution in [2.45, 2.75) is 13.3 Å². The molecule has 0 saturated heterocycles. The average molecular weight is 221 g/mol. The number of rotatable bonds is 4. The Morgan fingerprint density at radius 2 is 2.13 bits per heavy atom. The van der Waals surface area contributed by atoms with Crippen LogP contribution in [0.4, 0.5) is 0 Å². The molecule has 0 bridgehead atoms. The van der Waals surface area contributed by atoms with Gasteiger partial charge in [-0.3, -0.25) is 4.79 Å². The van der Waals surface area contributed by atoms with Crippen LogP contribution in [0.1, 0.15) is 12.5 Å². The maximum absolute atomic E-state index is 10.7. The number of carbonyl (C=O) groups is 1. The second-order valence-electron chi connectivity index (χ2n) is 2.96. The van der Waals surface area contributed by atoms with Crippen LogP contribution in [-0.2, 0) is 11.2 Å². The number of esters is 1. The highest BCUT2D eigenvalue weighted by Crippen LogP contribution is 2.12. The number of nitrogens with zero attached hydrogens (tertiary/aromatic N) is 1. The van der Waals surface area contributed by atoms with Crippen molar-refractivity contribution >= 4 is 23.3 Å². The molecule has 0 aliphatic heterocycles. The summed E-state index contributed by atoms with van der Waals surface area (Å²) in [6.45, 7) is 2.01. The Labute approximate surface area is 93.8 Å². The predicted molar refractivity (Wildman–Crippen MR) is 61.3 cm³/mol. The van der Waals surface area contributed by atoms with Gasteiger partial charge in [0.05, 0.1) is 11.7 Å². The number of aliphatic imine (C=N–C) groups is 1. The Hall–Kier alpha value is -1.51. The smallest absolute Gasteiger partial charge is 0.308 e. The maximum Gasteiger partial charge on any atom is 0.308 e. The van der Waals surface area contributed by atoms with Crippen LogP contribution in [0, 0.1) is 0 Å². The molecule has 0 aliphatic carbocycles. The van der Waals surface area contributed by atoms with E-state index in [9.17, 15) is 4.79 Å². The predicted octanol–water partition coefficient (Wildman–Crippen LogP) is 2.26. The minimum Gasteiger partial charge on any atom is -0.427 e. The number of hydrogen-bond acceptors (Lipinski definition) is 4. The fourth-order valence-electron chi connectivity index (χ4n) is 1.12. The first-order valence-electron chi connectivity index (χ1n) is 4.53. The van der Waals surface area contributed by atoms with E-state index in [1.54, 1.807) is 12.1 Å². The summed E-state index contributed by atoms with van der Waals surface area (Å²) in [5.41, 5.74) is 1.12. The highest BCUT2D eigenvalue weighted by molar-refractivity contribution is 7.78. The first kappa shape index (κ1) is 11.6. The van der Waals surface area contributed by atoms with Crippen LogP contribution >= 0.6 is 12.2 Å². The molecule has 1 aromatic carbocycles. The molecule has 0 spiro atoms. The normalized spacial score (nSPS) is 9.13. The van der Waals surface area contributed by atoms with Crippen molar-refractivity contribution in [1.82, 2.24) is 0 Å². The third kappa shape index (κ3) is 4.49. The van der Waals surface area contributed by atoms with E-state index in [1.165, 1.54) is 6.92 Å². The fourth-order valence-corrected chi connectivity index (χ4v) is 1.21. The summed E-state index contributed by atoms with van der Waals surface area (Å²) in [5, 5.41) is 2.31. The summed E-state index contributed by atoms with van der Waals surface area (Å²) in [7, 11) is 0. The van der Waals surface area contributed by atoms with Crippen molar-refractivity contribution in [3.8, 4) is 5.75 Å². The Balaban J connectivity index is 2.55. The molecule has 1 rings (SSSR count). The van der Waals surface area contributed by atoms with Crippen LogP contribution in [-0.4, -0.2) is 17.7 Å². The number of ether oxygens (including phenoxy) is 1. The van der Waals surface area contributed by atoms with Crippen LogP contribution in [0.3, 0.4) is 0 Å². The Morgan fingerprint density at radius 1 is 1.47 bits per heavy atom. The van der Waals surface area contributed by atoms with Crippen LogP contribution in [0.5, 0.6) is 5.75 Å². The molecule has 78 valence electrons.